The lowest BCUT2D eigenvalue weighted by molar-refractivity contribution is 0.353. The number of rotatable bonds is 6. The first-order valence-corrected chi connectivity index (χ1v) is 9.01. The molecule has 0 saturated heterocycles. The van der Waals surface area contributed by atoms with E-state index in [0.717, 1.165) is 56.4 Å². The Labute approximate surface area is 147 Å². The van der Waals surface area contributed by atoms with E-state index < -0.39 is 0 Å². The van der Waals surface area contributed by atoms with Crippen LogP contribution < -0.4 is 5.32 Å². The van der Waals surface area contributed by atoms with Crippen molar-refractivity contribution in [2.24, 2.45) is 0 Å². The van der Waals surface area contributed by atoms with Crippen molar-refractivity contribution in [2.75, 3.05) is 0 Å². The molecule has 0 spiro atoms. The Morgan fingerprint density at radius 1 is 1.24 bits per heavy atom. The molecule has 25 heavy (non-hydrogen) atoms. The first-order chi connectivity index (χ1) is 12.3. The summed E-state index contributed by atoms with van der Waals surface area (Å²) in [7, 11) is 0. The Kier molecular flexibility index (Phi) is 4.61. The van der Waals surface area contributed by atoms with Crippen LogP contribution in [0.15, 0.2) is 42.7 Å². The largest absolute Gasteiger partial charge is 0.329 e. The third-order valence-electron chi connectivity index (χ3n) is 4.76. The standard InChI is InChI=1S/C19H24N6/c1-2-17-22-18-9-8-16(14-25(18)23-17)21-12-19-20-10-11-24(19)13-15-6-4-3-5-7-15/h3-7,10-11,16,21H,2,8-9,12-14H2,1H3/t16-/m0/s1. The Hall–Kier alpha value is -2.47. The van der Waals surface area contributed by atoms with Gasteiger partial charge in [-0.1, -0.05) is 37.3 Å². The normalized spacial score (nSPS) is 16.8. The van der Waals surface area contributed by atoms with E-state index >= 15 is 0 Å². The van der Waals surface area contributed by atoms with Crippen LogP contribution in [0, 0.1) is 0 Å². The predicted octanol–water partition coefficient (Wildman–Crippen LogP) is 2.19. The maximum absolute atomic E-state index is 4.58. The maximum atomic E-state index is 4.58. The molecule has 130 valence electrons. The Balaban J connectivity index is 1.37. The van der Waals surface area contributed by atoms with Gasteiger partial charge in [0.25, 0.3) is 0 Å². The molecule has 0 amide bonds. The average molecular weight is 336 g/mol. The van der Waals surface area contributed by atoms with E-state index in [2.05, 4.69) is 60.8 Å². The van der Waals surface area contributed by atoms with Crippen LogP contribution in [0.3, 0.4) is 0 Å². The van der Waals surface area contributed by atoms with Crippen LogP contribution >= 0.6 is 0 Å². The van der Waals surface area contributed by atoms with Crippen LogP contribution in [0.2, 0.25) is 0 Å². The molecule has 0 unspecified atom stereocenters. The summed E-state index contributed by atoms with van der Waals surface area (Å²) in [4.78, 5) is 9.11. The highest BCUT2D eigenvalue weighted by molar-refractivity contribution is 5.15. The van der Waals surface area contributed by atoms with E-state index in [1.165, 1.54) is 5.56 Å². The van der Waals surface area contributed by atoms with Gasteiger partial charge in [0.2, 0.25) is 0 Å². The fourth-order valence-electron chi connectivity index (χ4n) is 3.34. The van der Waals surface area contributed by atoms with Gasteiger partial charge in [-0.2, -0.15) is 5.10 Å². The third-order valence-corrected chi connectivity index (χ3v) is 4.76. The van der Waals surface area contributed by atoms with Crippen molar-refractivity contribution in [1.82, 2.24) is 29.6 Å². The van der Waals surface area contributed by atoms with E-state index in [-0.39, 0.29) is 0 Å². The lowest BCUT2D eigenvalue weighted by Crippen LogP contribution is -2.38. The van der Waals surface area contributed by atoms with E-state index in [9.17, 15) is 0 Å². The predicted molar refractivity (Wildman–Crippen MR) is 96.1 cm³/mol. The van der Waals surface area contributed by atoms with Crippen molar-refractivity contribution in [2.45, 2.75) is 51.9 Å². The van der Waals surface area contributed by atoms with Crippen LogP contribution in [0.5, 0.6) is 0 Å². The maximum Gasteiger partial charge on any atom is 0.150 e. The SMILES string of the molecule is CCc1nc2n(n1)C[C@@H](NCc1nccn1Cc1ccccc1)CC2. The molecular weight excluding hydrogens is 312 g/mol. The second-order valence-electron chi connectivity index (χ2n) is 6.55. The van der Waals surface area contributed by atoms with Gasteiger partial charge in [0.1, 0.15) is 11.6 Å². The number of nitrogens with one attached hydrogen (secondary N) is 1. The number of aryl methyl sites for hydroxylation is 2. The molecule has 0 aliphatic carbocycles. The summed E-state index contributed by atoms with van der Waals surface area (Å²) in [6.45, 7) is 4.62. The molecule has 0 radical (unpaired) electrons. The Morgan fingerprint density at radius 2 is 2.12 bits per heavy atom. The van der Waals surface area contributed by atoms with Gasteiger partial charge in [-0.25, -0.2) is 14.6 Å². The fraction of sp³-hybridized carbons (Fsp3) is 0.421. The zero-order chi connectivity index (χ0) is 17.1. The molecule has 0 saturated carbocycles. The van der Waals surface area contributed by atoms with E-state index in [0.29, 0.717) is 6.04 Å². The van der Waals surface area contributed by atoms with Gasteiger partial charge in [-0.15, -0.1) is 0 Å². The van der Waals surface area contributed by atoms with Crippen molar-refractivity contribution in [3.63, 3.8) is 0 Å². The van der Waals surface area contributed by atoms with Gasteiger partial charge < -0.3 is 9.88 Å². The molecule has 6 nitrogen and oxygen atoms in total. The lowest BCUT2D eigenvalue weighted by Gasteiger charge is -2.23. The van der Waals surface area contributed by atoms with Crippen LogP contribution in [-0.4, -0.2) is 30.4 Å². The number of hydrogen-bond donors (Lipinski definition) is 1. The molecule has 4 rings (SSSR count). The van der Waals surface area contributed by atoms with Gasteiger partial charge in [0, 0.05) is 37.8 Å². The van der Waals surface area contributed by atoms with E-state index in [1.807, 2.05) is 18.5 Å². The minimum atomic E-state index is 0.417. The number of fused-ring (bicyclic) bond motifs is 1. The highest BCUT2D eigenvalue weighted by Crippen LogP contribution is 2.14. The summed E-state index contributed by atoms with van der Waals surface area (Å²) in [5, 5.41) is 8.23. The average Bonchev–Trinajstić information content (AvgIpc) is 3.26. The third kappa shape index (κ3) is 3.64. The molecule has 1 aromatic carbocycles. The summed E-state index contributed by atoms with van der Waals surface area (Å²) in [6, 6.07) is 10.9. The molecule has 3 aromatic rings. The molecular formula is C19H24N6. The molecule has 1 aliphatic heterocycles. The number of nitrogens with zero attached hydrogens (tertiary/aromatic N) is 5. The number of imidazole rings is 1. The zero-order valence-electron chi connectivity index (χ0n) is 14.6. The highest BCUT2D eigenvalue weighted by Gasteiger charge is 2.21. The molecule has 2 aromatic heterocycles. The monoisotopic (exact) mass is 336 g/mol. The van der Waals surface area contributed by atoms with E-state index in [4.69, 9.17) is 0 Å². The zero-order valence-corrected chi connectivity index (χ0v) is 14.6. The van der Waals surface area contributed by atoms with Crippen molar-refractivity contribution >= 4 is 0 Å². The van der Waals surface area contributed by atoms with Crippen molar-refractivity contribution in [3.05, 3.63) is 65.8 Å². The summed E-state index contributed by atoms with van der Waals surface area (Å²) < 4.78 is 4.28. The van der Waals surface area contributed by atoms with E-state index in [1.54, 1.807) is 0 Å². The molecule has 3 heterocycles. The fourth-order valence-corrected chi connectivity index (χ4v) is 3.34. The lowest BCUT2D eigenvalue weighted by atomic mass is 10.1. The Bertz CT molecular complexity index is 820. The topological polar surface area (TPSA) is 60.6 Å². The molecule has 6 heteroatoms. The summed E-state index contributed by atoms with van der Waals surface area (Å²) in [5.41, 5.74) is 1.29. The molecule has 1 atom stereocenters. The molecule has 1 N–H and O–H groups in total. The number of benzene rings is 1. The van der Waals surface area contributed by atoms with Crippen molar-refractivity contribution in [3.8, 4) is 0 Å². The summed E-state index contributed by atoms with van der Waals surface area (Å²) in [5.74, 6) is 3.15. The molecule has 1 aliphatic rings. The minimum absolute atomic E-state index is 0.417. The van der Waals surface area contributed by atoms with Gasteiger partial charge >= 0.3 is 0 Å². The second kappa shape index (κ2) is 7.19. The van der Waals surface area contributed by atoms with Crippen LogP contribution in [-0.2, 0) is 32.5 Å². The van der Waals surface area contributed by atoms with Gasteiger partial charge in [-0.3, -0.25) is 0 Å². The van der Waals surface area contributed by atoms with Gasteiger partial charge in [-0.05, 0) is 12.0 Å². The quantitative estimate of drug-likeness (QED) is 0.750. The van der Waals surface area contributed by atoms with Gasteiger partial charge in [0.05, 0.1) is 13.1 Å². The highest BCUT2D eigenvalue weighted by atomic mass is 15.4. The van der Waals surface area contributed by atoms with Gasteiger partial charge in [0.15, 0.2) is 5.82 Å². The van der Waals surface area contributed by atoms with Crippen LogP contribution in [0.1, 0.15) is 36.4 Å². The van der Waals surface area contributed by atoms with Crippen LogP contribution in [0.4, 0.5) is 0 Å². The smallest absolute Gasteiger partial charge is 0.150 e. The number of hydrogen-bond acceptors (Lipinski definition) is 4. The first kappa shape index (κ1) is 16.0. The number of aromatic nitrogens is 5. The first-order valence-electron chi connectivity index (χ1n) is 9.01. The summed E-state index contributed by atoms with van der Waals surface area (Å²) in [6.07, 6.45) is 6.91. The summed E-state index contributed by atoms with van der Waals surface area (Å²) >= 11 is 0. The van der Waals surface area contributed by atoms with Crippen molar-refractivity contribution < 1.29 is 0 Å². The minimum Gasteiger partial charge on any atom is -0.329 e. The Morgan fingerprint density at radius 3 is 2.96 bits per heavy atom. The molecule has 0 bridgehead atoms. The van der Waals surface area contributed by atoms with Crippen molar-refractivity contribution in [1.29, 1.82) is 0 Å². The second-order valence-corrected chi connectivity index (χ2v) is 6.55. The van der Waals surface area contributed by atoms with Crippen LogP contribution in [0.25, 0.3) is 0 Å². The molecule has 0 fully saturated rings.